The number of carboxylic acid groups (broad SMARTS) is 1. The zero-order chi connectivity index (χ0) is 109. The van der Waals surface area contributed by atoms with Crippen molar-refractivity contribution in [1.82, 2.24) is 15.0 Å². The van der Waals surface area contributed by atoms with Crippen LogP contribution in [0, 0.1) is 32.1 Å². The first-order valence-electron chi connectivity index (χ1n) is 44.4. The van der Waals surface area contributed by atoms with Gasteiger partial charge in [0.05, 0.1) is 92.5 Å². The molecule has 12 aromatic carbocycles. The molecule has 6 N–H and O–H groups in total. The van der Waals surface area contributed by atoms with E-state index in [0.29, 0.717) is 50.4 Å². The average molecular weight is 2160 g/mol. The van der Waals surface area contributed by atoms with Gasteiger partial charge in [-0.15, -0.1) is 0 Å². The van der Waals surface area contributed by atoms with Crippen molar-refractivity contribution in [2.24, 2.45) is 0 Å². The Kier molecular flexibility index (Phi) is 37.3. The molecule has 0 amide bonds. The number of halogens is 4. The number of aryl methyl sites for hydroxylation is 1. The number of hydrogen-bond acceptors (Lipinski definition) is 27. The standard InChI is InChI=1S/C22H19F3N2O4S.C22H20N2O6S.C21H19N3O6S.C20H15ClN2O4S.C20H16N2O5S/c1-14(2)31-17-8-10-18(11-9-17)32(29,30)27-21-19(12-16(13-26-21)22(23,24)25)20(28)15-6-4-3-5-7-15;1-14(2)30-17-8-10-18(11-9-17)31(28,29)24-21-19(12-16(13-23-21)22(26)27)20(25)15-6-4-3-5-7-15;1-14(2)30-17-8-10-18(11-9-17)31(28,29)23-21-19(12-16(13-22-21)24(26)27)20(25)15-6-4-3-5-7-15;1-23(25)18-9-5-6-10-19(18)28(26,27)22-17-12-11-15(21)13-16(17)20(24)14-7-3-2-4-8-14;1-14-7-10-17(11-8-14)28(26,27)21-19-12-9-16(22(24)25)13-18(19)20(23)15-5-3-2-4-6-15/h3-14H,1-2H3,(H,26,27);3-14H,1-2H3,(H,23,24)(H,26,27);3-14H,1-2H3,(H,22,23);2-13H,1H3;2-13,21H,1H3/p+1. The Labute approximate surface area is 863 Å². The number of non-ortho nitro benzene ring substituents is 1. The predicted octanol–water partition coefficient (Wildman–Crippen LogP) is 20.7. The van der Waals surface area contributed by atoms with Crippen LogP contribution in [0.2, 0.25) is 5.02 Å². The number of rotatable bonds is 35. The van der Waals surface area contributed by atoms with E-state index < -0.39 is 118 Å². The molecule has 0 aliphatic heterocycles. The molecular formula is C105H90ClF3N11O25S5+. The molecule has 0 aliphatic carbocycles. The molecule has 0 atom stereocenters. The molecule has 0 saturated heterocycles. The third-order valence-corrected chi connectivity index (χ3v) is 27.7. The van der Waals surface area contributed by atoms with Gasteiger partial charge in [0.15, 0.2) is 58.3 Å². The maximum atomic E-state index is 13.2. The SMILES string of the molecule is CC(C)Oc1ccc(S(=O)(=O)Nc2ncc(C(=O)O)cc2C(=O)c2ccccc2)cc1.CC(C)Oc1ccc(S(=O)(=O)Nc2ncc(C(F)(F)F)cc2C(=O)c2ccccc2)cc1.CC(C)Oc1ccc(S(=O)(=O)Nc2ncc([N+](=O)[O-])cc2C(=O)c2ccccc2)cc1.C[N+](=O)c1ccccc1S(=O)(=O)Nc1ccc(Cl)cc1C(=O)c1ccccc1.Cc1ccc(S(=O)(=O)Nc2ccc([N+](=O)[O-])cc2C(=O)c2ccccc2)cc1. The number of anilines is 5. The largest absolute Gasteiger partial charge is 0.491 e. The lowest BCUT2D eigenvalue weighted by Crippen LogP contribution is -2.18. The number of aromatic carboxylic acids is 1. The van der Waals surface area contributed by atoms with Gasteiger partial charge in [0.25, 0.3) is 67.2 Å². The highest BCUT2D eigenvalue weighted by Gasteiger charge is 2.36. The van der Waals surface area contributed by atoms with Crippen LogP contribution in [0.3, 0.4) is 0 Å². The Bertz CT molecular complexity index is 7970. The molecule has 45 heteroatoms. The Morgan fingerprint density at radius 3 is 1.00 bits per heavy atom. The number of ketones is 5. The number of sulfonamides is 5. The van der Waals surface area contributed by atoms with Crippen LogP contribution in [0.25, 0.3) is 0 Å². The van der Waals surface area contributed by atoms with E-state index in [1.807, 2.05) is 48.5 Å². The van der Waals surface area contributed by atoms with Gasteiger partial charge in [-0.05, 0) is 176 Å². The van der Waals surface area contributed by atoms with Gasteiger partial charge in [-0.1, -0.05) is 193 Å². The van der Waals surface area contributed by atoms with E-state index in [-0.39, 0.29) is 127 Å². The Morgan fingerprint density at radius 1 is 0.347 bits per heavy atom. The topological polar surface area (TPSA) is 526 Å². The Morgan fingerprint density at radius 2 is 0.647 bits per heavy atom. The highest BCUT2D eigenvalue weighted by Crippen LogP contribution is 2.37. The Hall–Kier alpha value is -17.5. The predicted molar refractivity (Wildman–Crippen MR) is 553 cm³/mol. The number of carboxylic acids is 1. The van der Waals surface area contributed by atoms with Crippen LogP contribution in [0.4, 0.5) is 59.1 Å². The third kappa shape index (κ3) is 30.6. The van der Waals surface area contributed by atoms with Crippen molar-refractivity contribution >= 4 is 142 Å². The molecule has 15 aromatic rings. The maximum absolute atomic E-state index is 13.2. The molecule has 0 saturated carbocycles. The van der Waals surface area contributed by atoms with Gasteiger partial charge in [-0.3, -0.25) is 67.8 Å². The number of hydrogen-bond donors (Lipinski definition) is 6. The van der Waals surface area contributed by atoms with Crippen molar-refractivity contribution in [1.29, 1.82) is 0 Å². The summed E-state index contributed by atoms with van der Waals surface area (Å²) in [5.74, 6) is -3.76. The van der Waals surface area contributed by atoms with Gasteiger partial charge in [-0.25, -0.2) is 61.8 Å². The highest BCUT2D eigenvalue weighted by molar-refractivity contribution is 7.94. The molecule has 0 bridgehead atoms. The van der Waals surface area contributed by atoms with E-state index >= 15 is 0 Å². The van der Waals surface area contributed by atoms with E-state index in [0.717, 1.165) is 42.2 Å². The number of nitro benzene ring substituents is 1. The van der Waals surface area contributed by atoms with E-state index in [2.05, 4.69) is 38.6 Å². The zero-order valence-electron chi connectivity index (χ0n) is 80.1. The van der Waals surface area contributed by atoms with Crippen LogP contribution in [0.15, 0.2) is 371 Å². The first-order chi connectivity index (χ1) is 70.9. The lowest BCUT2D eigenvalue weighted by molar-refractivity contribution is -0.431. The summed E-state index contributed by atoms with van der Waals surface area (Å²) in [6, 6.07) is 79.6. The molecule has 15 rings (SSSR count). The molecular weight excluding hydrogens is 2070 g/mol. The van der Waals surface area contributed by atoms with E-state index in [9.17, 15) is 114 Å². The second-order valence-corrected chi connectivity index (χ2v) is 41.6. The van der Waals surface area contributed by atoms with Gasteiger partial charge in [0.2, 0.25) is 0 Å². The number of carbonyl (C=O) groups excluding carboxylic acids is 5. The molecule has 0 unspecified atom stereocenters. The summed E-state index contributed by atoms with van der Waals surface area (Å²) in [5, 5.41) is 31.8. The quantitative estimate of drug-likeness (QED) is 0.00929. The van der Waals surface area contributed by atoms with Crippen LogP contribution in [0.1, 0.15) is 143 Å². The number of nitroso groups, excluding NO2 is 1. The summed E-state index contributed by atoms with van der Waals surface area (Å²) in [6.07, 6.45) is -2.67. The van der Waals surface area contributed by atoms with Crippen molar-refractivity contribution in [3.8, 4) is 17.2 Å². The molecule has 0 fully saturated rings. The lowest BCUT2D eigenvalue weighted by Gasteiger charge is -2.14. The average Bonchev–Trinajstić information content (AvgIpc) is 0.795. The van der Waals surface area contributed by atoms with Crippen LogP contribution in [-0.2, 0) is 56.3 Å². The van der Waals surface area contributed by atoms with Crippen LogP contribution in [0.5, 0.6) is 17.2 Å². The molecule has 772 valence electrons. The fourth-order valence-electron chi connectivity index (χ4n) is 13.5. The molecule has 0 spiro atoms. The van der Waals surface area contributed by atoms with Gasteiger partial charge in [0, 0.05) is 84.7 Å². The number of carbonyl (C=O) groups is 6. The van der Waals surface area contributed by atoms with Crippen molar-refractivity contribution in [2.75, 3.05) is 30.7 Å². The number of aromatic nitrogens is 3. The molecule has 3 aromatic heterocycles. The maximum Gasteiger partial charge on any atom is 0.417 e. The number of nitro groups is 2. The first-order valence-corrected chi connectivity index (χ1v) is 52.2. The summed E-state index contributed by atoms with van der Waals surface area (Å²) in [6.45, 7) is 12.8. The number of pyridine rings is 3. The van der Waals surface area contributed by atoms with Crippen LogP contribution in [-0.4, -0.2) is 137 Å². The molecule has 0 radical (unpaired) electrons. The third-order valence-electron chi connectivity index (χ3n) is 20.6. The number of nitrogens with one attached hydrogen (secondary N) is 5. The van der Waals surface area contributed by atoms with Crippen molar-refractivity contribution in [2.45, 2.75) is 97.4 Å². The fourth-order valence-corrected chi connectivity index (χ4v) is 19.1. The van der Waals surface area contributed by atoms with Gasteiger partial charge in [-0.2, -0.15) is 13.2 Å². The fraction of sp³-hybridized carbons (Fsp3) is 0.114. The summed E-state index contributed by atoms with van der Waals surface area (Å²) in [4.78, 5) is 119. The number of ether oxygens (including phenoxy) is 3. The molecule has 3 heterocycles. The second kappa shape index (κ2) is 49.6. The van der Waals surface area contributed by atoms with Crippen LogP contribution >= 0.6 is 11.6 Å². The van der Waals surface area contributed by atoms with Gasteiger partial charge >= 0.3 is 12.1 Å². The summed E-state index contributed by atoms with van der Waals surface area (Å²) >= 11 is 6.03. The van der Waals surface area contributed by atoms with Gasteiger partial charge < -0.3 is 19.3 Å². The Balaban J connectivity index is 0.000000178. The molecule has 150 heavy (non-hydrogen) atoms. The minimum absolute atomic E-state index is 0.0140. The smallest absolute Gasteiger partial charge is 0.417 e. The monoisotopic (exact) mass is 2160 g/mol. The first kappa shape index (κ1) is 113. The number of para-hydroxylation sites is 1. The number of nitrogens with zero attached hydrogens (tertiary/aromatic N) is 6. The second-order valence-electron chi connectivity index (χ2n) is 32.8. The van der Waals surface area contributed by atoms with E-state index in [4.69, 9.17) is 25.8 Å². The van der Waals surface area contributed by atoms with E-state index in [1.165, 1.54) is 159 Å². The van der Waals surface area contributed by atoms with Gasteiger partial charge in [0.1, 0.15) is 23.4 Å². The van der Waals surface area contributed by atoms with Crippen molar-refractivity contribution in [3.63, 3.8) is 0 Å². The normalized spacial score (nSPS) is 11.3. The number of alkyl halides is 3. The molecule has 0 aliphatic rings. The van der Waals surface area contributed by atoms with Crippen molar-refractivity contribution < 1.29 is 118 Å². The van der Waals surface area contributed by atoms with Crippen LogP contribution < -0.4 is 37.8 Å². The number of benzene rings is 12. The lowest BCUT2D eigenvalue weighted by atomic mass is 10.0. The zero-order valence-corrected chi connectivity index (χ0v) is 85.0. The molecule has 36 nitrogen and oxygen atoms in total. The van der Waals surface area contributed by atoms with Crippen molar-refractivity contribution in [3.05, 3.63) is 449 Å². The van der Waals surface area contributed by atoms with E-state index in [1.54, 1.807) is 146 Å². The summed E-state index contributed by atoms with van der Waals surface area (Å²) in [5.41, 5.74) is -0.868. The summed E-state index contributed by atoms with van der Waals surface area (Å²) in [7, 11) is -19.4. The summed E-state index contributed by atoms with van der Waals surface area (Å²) < 4.78 is 196. The minimum atomic E-state index is -4.76. The highest BCUT2D eigenvalue weighted by atomic mass is 35.5. The minimum Gasteiger partial charge on any atom is -0.491 e.